The molecule has 0 spiro atoms. The summed E-state index contributed by atoms with van der Waals surface area (Å²) in [7, 11) is 0. The van der Waals surface area contributed by atoms with Crippen molar-refractivity contribution in [3.05, 3.63) is 30.6 Å². The fraction of sp³-hybridized carbons (Fsp3) is 0.421. The second-order valence-electron chi connectivity index (χ2n) is 7.11. The van der Waals surface area contributed by atoms with Crippen molar-refractivity contribution in [3.8, 4) is 0 Å². The average Bonchev–Trinajstić information content (AvgIpc) is 3.26. The molecule has 1 aliphatic heterocycles. The van der Waals surface area contributed by atoms with Crippen molar-refractivity contribution in [2.45, 2.75) is 13.3 Å². The molecule has 1 saturated heterocycles. The molecular weight excluding hydrogens is 316 g/mol. The van der Waals surface area contributed by atoms with Crippen molar-refractivity contribution in [2.24, 2.45) is 11.8 Å². The molecule has 6 nitrogen and oxygen atoms in total. The van der Waals surface area contributed by atoms with E-state index in [4.69, 9.17) is 4.42 Å². The molecule has 6 heteroatoms. The second kappa shape index (κ2) is 5.44. The monoisotopic (exact) mass is 336 g/mol. The Hall–Kier alpha value is -2.63. The molecule has 1 amide bonds. The SMILES string of the molecule is CC1CC1C(=O)N1CCN(c2ncnc3c2oc2ccccc23)CC1. The number of aromatic nitrogens is 2. The number of fused-ring (bicyclic) bond motifs is 3. The van der Waals surface area contributed by atoms with E-state index >= 15 is 0 Å². The lowest BCUT2D eigenvalue weighted by molar-refractivity contribution is -0.133. The number of amides is 1. The lowest BCUT2D eigenvalue weighted by Crippen LogP contribution is -2.49. The smallest absolute Gasteiger partial charge is 0.226 e. The van der Waals surface area contributed by atoms with Crippen LogP contribution < -0.4 is 4.90 Å². The largest absolute Gasteiger partial charge is 0.450 e. The maximum absolute atomic E-state index is 12.4. The van der Waals surface area contributed by atoms with Gasteiger partial charge in [-0.3, -0.25) is 4.79 Å². The van der Waals surface area contributed by atoms with Crippen molar-refractivity contribution in [1.82, 2.24) is 14.9 Å². The molecule has 2 aliphatic rings. The molecule has 5 rings (SSSR count). The zero-order valence-corrected chi connectivity index (χ0v) is 14.2. The Morgan fingerprint density at radius 3 is 2.68 bits per heavy atom. The first-order valence-electron chi connectivity index (χ1n) is 8.88. The molecule has 25 heavy (non-hydrogen) atoms. The first-order valence-corrected chi connectivity index (χ1v) is 8.88. The normalized spacial score (nSPS) is 23.4. The minimum atomic E-state index is 0.257. The molecule has 1 aromatic carbocycles. The topological polar surface area (TPSA) is 62.5 Å². The molecule has 2 atom stereocenters. The molecule has 2 aromatic heterocycles. The third kappa shape index (κ3) is 2.35. The molecule has 128 valence electrons. The molecule has 2 unspecified atom stereocenters. The van der Waals surface area contributed by atoms with Gasteiger partial charge >= 0.3 is 0 Å². The van der Waals surface area contributed by atoms with Gasteiger partial charge in [0.05, 0.1) is 0 Å². The van der Waals surface area contributed by atoms with Crippen LogP contribution in [0.4, 0.5) is 5.82 Å². The van der Waals surface area contributed by atoms with E-state index in [9.17, 15) is 4.79 Å². The number of piperazine rings is 1. The van der Waals surface area contributed by atoms with Gasteiger partial charge in [-0.15, -0.1) is 0 Å². The number of hydrogen-bond acceptors (Lipinski definition) is 5. The Labute approximate surface area is 145 Å². The number of carbonyl (C=O) groups excluding carboxylic acids is 1. The van der Waals surface area contributed by atoms with Crippen LogP contribution in [0.1, 0.15) is 13.3 Å². The maximum atomic E-state index is 12.4. The Bertz CT molecular complexity index is 958. The Morgan fingerprint density at radius 1 is 1.16 bits per heavy atom. The fourth-order valence-electron chi connectivity index (χ4n) is 3.78. The molecule has 0 N–H and O–H groups in total. The number of anilines is 1. The van der Waals surface area contributed by atoms with Crippen LogP contribution in [0.15, 0.2) is 35.0 Å². The Kier molecular flexibility index (Phi) is 3.20. The third-order valence-electron chi connectivity index (χ3n) is 5.46. The molecular formula is C19H20N4O2. The molecule has 3 aromatic rings. The van der Waals surface area contributed by atoms with Gasteiger partial charge in [-0.1, -0.05) is 19.1 Å². The van der Waals surface area contributed by atoms with E-state index in [0.717, 1.165) is 60.5 Å². The van der Waals surface area contributed by atoms with E-state index in [1.165, 1.54) is 0 Å². The van der Waals surface area contributed by atoms with Crippen LogP contribution in [0.5, 0.6) is 0 Å². The zero-order chi connectivity index (χ0) is 17.0. The summed E-state index contributed by atoms with van der Waals surface area (Å²) in [6.45, 7) is 5.19. The molecule has 1 aliphatic carbocycles. The van der Waals surface area contributed by atoms with E-state index in [0.29, 0.717) is 11.8 Å². The molecule has 1 saturated carbocycles. The second-order valence-corrected chi connectivity index (χ2v) is 7.11. The zero-order valence-electron chi connectivity index (χ0n) is 14.2. The van der Waals surface area contributed by atoms with E-state index in [1.807, 2.05) is 29.2 Å². The van der Waals surface area contributed by atoms with Crippen molar-refractivity contribution < 1.29 is 9.21 Å². The summed E-state index contributed by atoms with van der Waals surface area (Å²) in [5, 5.41) is 1.01. The first kappa shape index (κ1) is 14.7. The van der Waals surface area contributed by atoms with Crippen molar-refractivity contribution >= 4 is 33.8 Å². The number of furan rings is 1. The van der Waals surface area contributed by atoms with Gasteiger partial charge in [-0.05, 0) is 24.5 Å². The third-order valence-corrected chi connectivity index (χ3v) is 5.46. The van der Waals surface area contributed by atoms with Crippen LogP contribution in [0, 0.1) is 11.8 Å². The van der Waals surface area contributed by atoms with Crippen LogP contribution in [0.25, 0.3) is 22.1 Å². The van der Waals surface area contributed by atoms with Gasteiger partial charge < -0.3 is 14.2 Å². The minimum Gasteiger partial charge on any atom is -0.450 e. The quantitative estimate of drug-likeness (QED) is 0.720. The highest BCUT2D eigenvalue weighted by molar-refractivity contribution is 6.05. The average molecular weight is 336 g/mol. The summed E-state index contributed by atoms with van der Waals surface area (Å²) >= 11 is 0. The van der Waals surface area contributed by atoms with Crippen molar-refractivity contribution in [2.75, 3.05) is 31.1 Å². The predicted octanol–water partition coefficient (Wildman–Crippen LogP) is 2.68. The van der Waals surface area contributed by atoms with E-state index in [2.05, 4.69) is 21.8 Å². The van der Waals surface area contributed by atoms with Gasteiger partial charge in [0.1, 0.15) is 17.4 Å². The lowest BCUT2D eigenvalue weighted by Gasteiger charge is -2.35. The van der Waals surface area contributed by atoms with E-state index in [1.54, 1.807) is 6.33 Å². The minimum absolute atomic E-state index is 0.257. The van der Waals surface area contributed by atoms with Crippen molar-refractivity contribution in [1.29, 1.82) is 0 Å². The van der Waals surface area contributed by atoms with Crippen molar-refractivity contribution in [3.63, 3.8) is 0 Å². The van der Waals surface area contributed by atoms with Gasteiger partial charge in [0.2, 0.25) is 5.91 Å². The standard InChI is InChI=1S/C19H20N4O2/c1-12-10-14(12)19(24)23-8-6-22(7-9-23)18-17-16(20-11-21-18)13-4-2-3-5-15(13)25-17/h2-5,11-12,14H,6-10H2,1H3. The summed E-state index contributed by atoms with van der Waals surface area (Å²) in [5.74, 6) is 1.96. The molecule has 3 heterocycles. The van der Waals surface area contributed by atoms with Crippen LogP contribution in [0.2, 0.25) is 0 Å². The Morgan fingerprint density at radius 2 is 1.92 bits per heavy atom. The van der Waals surface area contributed by atoms with Crippen LogP contribution >= 0.6 is 0 Å². The number of hydrogen-bond donors (Lipinski definition) is 0. The summed E-state index contributed by atoms with van der Waals surface area (Å²) in [5.41, 5.74) is 2.42. The summed E-state index contributed by atoms with van der Waals surface area (Å²) in [6.07, 6.45) is 2.65. The van der Waals surface area contributed by atoms with Gasteiger partial charge in [-0.25, -0.2) is 9.97 Å². The number of nitrogens with zero attached hydrogens (tertiary/aromatic N) is 4. The molecule has 0 bridgehead atoms. The lowest BCUT2D eigenvalue weighted by atomic mass is 10.2. The summed E-state index contributed by atoms with van der Waals surface area (Å²) < 4.78 is 6.03. The van der Waals surface area contributed by atoms with Crippen LogP contribution in [0.3, 0.4) is 0 Å². The number of para-hydroxylation sites is 1. The fourth-order valence-corrected chi connectivity index (χ4v) is 3.78. The maximum Gasteiger partial charge on any atom is 0.226 e. The van der Waals surface area contributed by atoms with Gasteiger partial charge in [0.15, 0.2) is 11.4 Å². The highest BCUT2D eigenvalue weighted by Crippen LogP contribution is 2.39. The summed E-state index contributed by atoms with van der Waals surface area (Å²) in [4.78, 5) is 25.5. The Balaban J connectivity index is 1.42. The summed E-state index contributed by atoms with van der Waals surface area (Å²) in [6, 6.07) is 7.92. The highest BCUT2D eigenvalue weighted by atomic mass is 16.3. The van der Waals surface area contributed by atoms with E-state index < -0.39 is 0 Å². The van der Waals surface area contributed by atoms with Gasteiger partial charge in [-0.2, -0.15) is 0 Å². The number of carbonyl (C=O) groups is 1. The molecule has 2 fully saturated rings. The van der Waals surface area contributed by atoms with Crippen LogP contribution in [-0.4, -0.2) is 47.0 Å². The number of rotatable bonds is 2. The number of benzene rings is 1. The first-order chi connectivity index (χ1) is 12.2. The van der Waals surface area contributed by atoms with Gasteiger partial charge in [0, 0.05) is 37.5 Å². The van der Waals surface area contributed by atoms with Gasteiger partial charge in [0.25, 0.3) is 0 Å². The predicted molar refractivity (Wildman–Crippen MR) is 95.4 cm³/mol. The van der Waals surface area contributed by atoms with E-state index in [-0.39, 0.29) is 5.92 Å². The van der Waals surface area contributed by atoms with Crippen LogP contribution in [-0.2, 0) is 4.79 Å². The molecule has 0 radical (unpaired) electrons. The highest BCUT2D eigenvalue weighted by Gasteiger charge is 2.42.